The maximum Gasteiger partial charge on any atom is 0.310 e. The fourth-order valence-electron chi connectivity index (χ4n) is 4.08. The van der Waals surface area contributed by atoms with Gasteiger partial charge in [0.1, 0.15) is 17.3 Å². The number of halogens is 2. The van der Waals surface area contributed by atoms with E-state index in [2.05, 4.69) is 0 Å². The van der Waals surface area contributed by atoms with Crippen molar-refractivity contribution in [3.05, 3.63) is 57.9 Å². The maximum absolute atomic E-state index is 14.3. The smallest absolute Gasteiger partial charge is 0.310 e. The zero-order valence-corrected chi connectivity index (χ0v) is 17.9. The van der Waals surface area contributed by atoms with E-state index in [4.69, 9.17) is 4.74 Å². The first-order chi connectivity index (χ1) is 14.2. The number of amides is 1. The second-order valence-electron chi connectivity index (χ2n) is 7.85. The van der Waals surface area contributed by atoms with E-state index in [0.717, 1.165) is 29.3 Å². The van der Waals surface area contributed by atoms with Crippen molar-refractivity contribution in [2.24, 2.45) is 5.92 Å². The number of nitrogens with zero attached hydrogens (tertiary/aromatic N) is 2. The number of benzene rings is 1. The topological polar surface area (TPSA) is 51.5 Å². The molecule has 0 aliphatic carbocycles. The molecule has 3 rings (SSSR count). The number of rotatable bonds is 5. The molecule has 1 atom stereocenters. The number of esters is 1. The van der Waals surface area contributed by atoms with Gasteiger partial charge in [-0.1, -0.05) is 6.07 Å². The Labute approximate surface area is 175 Å². The second-order valence-corrected chi connectivity index (χ2v) is 7.85. The summed E-state index contributed by atoms with van der Waals surface area (Å²) < 4.78 is 34.5. The molecule has 1 fully saturated rings. The van der Waals surface area contributed by atoms with Crippen molar-refractivity contribution in [1.82, 2.24) is 9.47 Å². The lowest BCUT2D eigenvalue weighted by molar-refractivity contribution is -0.149. The van der Waals surface area contributed by atoms with Gasteiger partial charge in [0.15, 0.2) is 0 Å². The Morgan fingerprint density at radius 3 is 2.57 bits per heavy atom. The van der Waals surface area contributed by atoms with Crippen molar-refractivity contribution >= 4 is 11.9 Å². The molecule has 2 aromatic rings. The predicted molar refractivity (Wildman–Crippen MR) is 109 cm³/mol. The van der Waals surface area contributed by atoms with Crippen LogP contribution in [0.2, 0.25) is 0 Å². The molecule has 1 aromatic carbocycles. The number of ether oxygens (including phenoxy) is 1. The highest BCUT2D eigenvalue weighted by molar-refractivity contribution is 5.95. The lowest BCUT2D eigenvalue weighted by Crippen LogP contribution is -2.43. The summed E-state index contributed by atoms with van der Waals surface area (Å²) in [7, 11) is 0. The van der Waals surface area contributed by atoms with Gasteiger partial charge in [-0.15, -0.1) is 0 Å². The molecule has 1 saturated heterocycles. The van der Waals surface area contributed by atoms with Gasteiger partial charge in [0, 0.05) is 30.4 Å². The molecule has 0 radical (unpaired) electrons. The highest BCUT2D eigenvalue weighted by Crippen LogP contribution is 2.27. The maximum atomic E-state index is 14.3. The number of hydrogen-bond donors (Lipinski definition) is 0. The molecule has 1 aromatic heterocycles. The molecule has 0 spiro atoms. The van der Waals surface area contributed by atoms with Crippen molar-refractivity contribution in [3.63, 3.8) is 0 Å². The van der Waals surface area contributed by atoms with E-state index in [9.17, 15) is 18.4 Å². The highest BCUT2D eigenvalue weighted by atomic mass is 19.1. The average Bonchev–Trinajstić information content (AvgIpc) is 2.93. The molecule has 1 amide bonds. The van der Waals surface area contributed by atoms with E-state index in [0.29, 0.717) is 37.4 Å². The number of aromatic nitrogens is 1. The molecular weight excluding hydrogens is 390 g/mol. The van der Waals surface area contributed by atoms with E-state index < -0.39 is 11.6 Å². The van der Waals surface area contributed by atoms with Gasteiger partial charge in [0.25, 0.3) is 5.91 Å². The summed E-state index contributed by atoms with van der Waals surface area (Å²) in [6.07, 6.45) is 1.42. The summed E-state index contributed by atoms with van der Waals surface area (Å²) in [4.78, 5) is 27.3. The van der Waals surface area contributed by atoms with Gasteiger partial charge in [-0.25, -0.2) is 8.78 Å². The van der Waals surface area contributed by atoms with E-state index in [1.807, 2.05) is 20.8 Å². The largest absolute Gasteiger partial charge is 0.466 e. The van der Waals surface area contributed by atoms with Crippen molar-refractivity contribution < 1.29 is 23.1 Å². The minimum Gasteiger partial charge on any atom is -0.466 e. The SMILES string of the molecule is CCOC(=O)[C@@H]1CCCN(C(=O)c2c(C)c(C)c(C)n2Cc2ccc(F)cc2F)C1. The molecule has 162 valence electrons. The molecule has 30 heavy (non-hydrogen) atoms. The number of carbonyl (C=O) groups is 2. The third-order valence-corrected chi connectivity index (χ3v) is 6.01. The Hall–Kier alpha value is -2.70. The first kappa shape index (κ1) is 22.0. The molecule has 0 saturated carbocycles. The molecule has 5 nitrogen and oxygen atoms in total. The van der Waals surface area contributed by atoms with Crippen LogP contribution in [-0.4, -0.2) is 41.0 Å². The van der Waals surface area contributed by atoms with E-state index in [-0.39, 0.29) is 24.3 Å². The van der Waals surface area contributed by atoms with Crippen LogP contribution < -0.4 is 0 Å². The molecule has 1 aliphatic rings. The first-order valence-corrected chi connectivity index (χ1v) is 10.3. The van der Waals surface area contributed by atoms with Crippen molar-refractivity contribution in [3.8, 4) is 0 Å². The van der Waals surface area contributed by atoms with E-state index >= 15 is 0 Å². The molecule has 2 heterocycles. The third-order valence-electron chi connectivity index (χ3n) is 6.01. The Balaban J connectivity index is 1.92. The van der Waals surface area contributed by atoms with Gasteiger partial charge in [-0.3, -0.25) is 9.59 Å². The van der Waals surface area contributed by atoms with Crippen LogP contribution in [0.4, 0.5) is 8.78 Å². The van der Waals surface area contributed by atoms with Crippen LogP contribution in [0.5, 0.6) is 0 Å². The third kappa shape index (κ3) is 4.25. The summed E-state index contributed by atoms with van der Waals surface area (Å²) in [6, 6.07) is 3.47. The average molecular weight is 418 g/mol. The number of hydrogen-bond acceptors (Lipinski definition) is 3. The minimum atomic E-state index is -0.642. The lowest BCUT2D eigenvalue weighted by Gasteiger charge is -2.32. The zero-order valence-electron chi connectivity index (χ0n) is 17.9. The normalized spacial score (nSPS) is 16.6. The monoisotopic (exact) mass is 418 g/mol. The Morgan fingerprint density at radius 2 is 1.90 bits per heavy atom. The van der Waals surface area contributed by atoms with Gasteiger partial charge in [0.2, 0.25) is 0 Å². The molecule has 0 N–H and O–H groups in total. The van der Waals surface area contributed by atoms with Crippen molar-refractivity contribution in [2.75, 3.05) is 19.7 Å². The lowest BCUT2D eigenvalue weighted by atomic mass is 9.97. The van der Waals surface area contributed by atoms with Crippen LogP contribution in [0.15, 0.2) is 18.2 Å². The fourth-order valence-corrected chi connectivity index (χ4v) is 4.08. The number of carbonyl (C=O) groups excluding carboxylic acids is 2. The standard InChI is InChI=1S/C23H28F2N2O3/c1-5-30-23(29)18-7-6-10-26(12-18)22(28)21-15(3)14(2)16(4)27(21)13-17-8-9-19(24)11-20(17)25/h8-9,11,18H,5-7,10,12-13H2,1-4H3/t18-/m1/s1. The van der Waals surface area contributed by atoms with Crippen molar-refractivity contribution in [2.45, 2.75) is 47.1 Å². The van der Waals surface area contributed by atoms with Crippen molar-refractivity contribution in [1.29, 1.82) is 0 Å². The van der Waals surface area contributed by atoms with Crippen LogP contribution in [-0.2, 0) is 16.1 Å². The zero-order chi connectivity index (χ0) is 22.0. The van der Waals surface area contributed by atoms with Gasteiger partial charge in [-0.2, -0.15) is 0 Å². The van der Waals surface area contributed by atoms with Gasteiger partial charge >= 0.3 is 5.97 Å². The van der Waals surface area contributed by atoms with Crippen LogP contribution >= 0.6 is 0 Å². The Kier molecular flexibility index (Phi) is 6.58. The van der Waals surface area contributed by atoms with Gasteiger partial charge in [-0.05, 0) is 57.7 Å². The summed E-state index contributed by atoms with van der Waals surface area (Å²) in [5, 5.41) is 0. The number of likely N-dealkylation sites (tertiary alicyclic amines) is 1. The fraction of sp³-hybridized carbons (Fsp3) is 0.478. The first-order valence-electron chi connectivity index (χ1n) is 10.3. The molecule has 0 unspecified atom stereocenters. The van der Waals surface area contributed by atoms with Crippen LogP contribution in [0, 0.1) is 38.3 Å². The molecule has 1 aliphatic heterocycles. The quantitative estimate of drug-likeness (QED) is 0.686. The second kappa shape index (κ2) is 8.98. The van der Waals surface area contributed by atoms with Crippen LogP contribution in [0.3, 0.4) is 0 Å². The summed E-state index contributed by atoms with van der Waals surface area (Å²) in [6.45, 7) is 8.76. The highest BCUT2D eigenvalue weighted by Gasteiger charge is 2.32. The van der Waals surface area contributed by atoms with E-state index in [1.165, 1.54) is 12.1 Å². The van der Waals surface area contributed by atoms with Crippen LogP contribution in [0.1, 0.15) is 52.6 Å². The Morgan fingerprint density at radius 1 is 1.17 bits per heavy atom. The van der Waals surface area contributed by atoms with Gasteiger partial charge in [0.05, 0.1) is 19.1 Å². The molecular formula is C23H28F2N2O3. The summed E-state index contributed by atoms with van der Waals surface area (Å²) >= 11 is 0. The minimum absolute atomic E-state index is 0.128. The Bertz CT molecular complexity index is 968. The molecule has 0 bridgehead atoms. The number of piperidine rings is 1. The molecule has 7 heteroatoms. The van der Waals surface area contributed by atoms with Crippen LogP contribution in [0.25, 0.3) is 0 Å². The summed E-state index contributed by atoms with van der Waals surface area (Å²) in [5.74, 6) is -2.06. The van der Waals surface area contributed by atoms with Gasteiger partial charge < -0.3 is 14.2 Å². The predicted octanol–water partition coefficient (Wildman–Crippen LogP) is 4.16. The van der Waals surface area contributed by atoms with E-state index in [1.54, 1.807) is 16.4 Å². The summed E-state index contributed by atoms with van der Waals surface area (Å²) in [5.41, 5.74) is 3.45.